The molecule has 0 aromatic heterocycles. The lowest BCUT2D eigenvalue weighted by Gasteiger charge is -2.29. The third-order valence-corrected chi connectivity index (χ3v) is 4.56. The van der Waals surface area contributed by atoms with Crippen LogP contribution in [0.25, 0.3) is 0 Å². The van der Waals surface area contributed by atoms with Crippen LogP contribution in [-0.2, 0) is 27.4 Å². The zero-order chi connectivity index (χ0) is 22.7. The molecule has 0 bridgehead atoms. The third-order valence-electron chi connectivity index (χ3n) is 4.56. The monoisotopic (exact) mass is 434 g/mol. The normalized spacial score (nSPS) is 15.4. The van der Waals surface area contributed by atoms with E-state index in [1.54, 1.807) is 30.3 Å². The first-order chi connectivity index (χ1) is 13.8. The SMILES string of the molecule is CNC(=O)[C@@](N)(CO[C@H](C)c1cc(C(F)(F)F)cc(C(F)(F)F)c1)c1ccccc1. The highest BCUT2D eigenvalue weighted by Crippen LogP contribution is 2.38. The molecule has 0 aliphatic carbocycles. The number of nitrogens with two attached hydrogens (primary N) is 1. The molecule has 10 heteroatoms. The molecule has 1 amide bonds. The molecule has 0 fully saturated rings. The van der Waals surface area contributed by atoms with Gasteiger partial charge in [0.2, 0.25) is 5.91 Å². The van der Waals surface area contributed by atoms with Gasteiger partial charge >= 0.3 is 12.4 Å². The lowest BCUT2D eigenvalue weighted by Crippen LogP contribution is -2.53. The van der Waals surface area contributed by atoms with Crippen LogP contribution in [0, 0.1) is 0 Å². The molecule has 0 radical (unpaired) electrons. The number of hydrogen-bond donors (Lipinski definition) is 2. The lowest BCUT2D eigenvalue weighted by molar-refractivity contribution is -0.143. The second-order valence-corrected chi connectivity index (χ2v) is 6.71. The maximum Gasteiger partial charge on any atom is 0.416 e. The van der Waals surface area contributed by atoms with Gasteiger partial charge in [-0.3, -0.25) is 4.79 Å². The minimum Gasteiger partial charge on any atom is -0.371 e. The third kappa shape index (κ3) is 5.31. The van der Waals surface area contributed by atoms with Crippen molar-refractivity contribution in [2.45, 2.75) is 30.9 Å². The molecule has 0 saturated carbocycles. The molecule has 4 nitrogen and oxygen atoms in total. The predicted octanol–water partition coefficient (Wildman–Crippen LogP) is 4.40. The number of alkyl halides is 6. The molecule has 2 aromatic carbocycles. The van der Waals surface area contributed by atoms with Crippen LogP contribution in [0.3, 0.4) is 0 Å². The number of carbonyl (C=O) groups is 1. The first-order valence-electron chi connectivity index (χ1n) is 8.76. The van der Waals surface area contributed by atoms with E-state index in [9.17, 15) is 31.1 Å². The summed E-state index contributed by atoms with van der Waals surface area (Å²) in [5.74, 6) is -0.624. The van der Waals surface area contributed by atoms with Crippen LogP contribution in [0.4, 0.5) is 26.3 Å². The first-order valence-corrected chi connectivity index (χ1v) is 8.76. The summed E-state index contributed by atoms with van der Waals surface area (Å²) in [5, 5.41) is 2.38. The van der Waals surface area contributed by atoms with Crippen molar-refractivity contribution >= 4 is 5.91 Å². The zero-order valence-electron chi connectivity index (χ0n) is 16.1. The van der Waals surface area contributed by atoms with E-state index in [0.717, 1.165) is 0 Å². The highest BCUT2D eigenvalue weighted by atomic mass is 19.4. The predicted molar refractivity (Wildman–Crippen MR) is 97.2 cm³/mol. The summed E-state index contributed by atoms with van der Waals surface area (Å²) in [4.78, 5) is 12.3. The Morgan fingerprint density at radius 1 is 0.967 bits per heavy atom. The van der Waals surface area contributed by atoms with Crippen molar-refractivity contribution in [2.24, 2.45) is 5.73 Å². The summed E-state index contributed by atoms with van der Waals surface area (Å²) in [5.41, 5.74) is 1.64. The van der Waals surface area contributed by atoms with Crippen LogP contribution in [0.1, 0.15) is 35.3 Å². The van der Waals surface area contributed by atoms with E-state index >= 15 is 0 Å². The Hall–Kier alpha value is -2.59. The molecule has 0 aliphatic rings. The highest BCUT2D eigenvalue weighted by Gasteiger charge is 2.39. The van der Waals surface area contributed by atoms with E-state index < -0.39 is 47.6 Å². The second kappa shape index (κ2) is 8.65. The van der Waals surface area contributed by atoms with Crippen LogP contribution in [0.2, 0.25) is 0 Å². The Morgan fingerprint density at radius 2 is 1.47 bits per heavy atom. The van der Waals surface area contributed by atoms with Crippen molar-refractivity contribution in [3.63, 3.8) is 0 Å². The van der Waals surface area contributed by atoms with E-state index in [1.165, 1.54) is 14.0 Å². The zero-order valence-corrected chi connectivity index (χ0v) is 16.1. The Bertz CT molecular complexity index is 851. The average molecular weight is 434 g/mol. The van der Waals surface area contributed by atoms with E-state index in [4.69, 9.17) is 10.5 Å². The summed E-state index contributed by atoms with van der Waals surface area (Å²) in [6, 6.07) is 9.29. The van der Waals surface area contributed by atoms with Crippen molar-refractivity contribution in [1.82, 2.24) is 5.32 Å². The number of nitrogens with one attached hydrogen (secondary N) is 1. The number of halogens is 6. The molecule has 2 atom stereocenters. The van der Waals surface area contributed by atoms with E-state index in [-0.39, 0.29) is 11.6 Å². The number of carbonyl (C=O) groups excluding carboxylic acids is 1. The molecule has 0 aliphatic heterocycles. The topological polar surface area (TPSA) is 64.4 Å². The van der Waals surface area contributed by atoms with Crippen LogP contribution < -0.4 is 11.1 Å². The van der Waals surface area contributed by atoms with E-state index in [2.05, 4.69) is 5.32 Å². The molecule has 0 heterocycles. The summed E-state index contributed by atoms with van der Waals surface area (Å²) >= 11 is 0. The maximum atomic E-state index is 13.1. The van der Waals surface area contributed by atoms with Crippen LogP contribution in [0.5, 0.6) is 0 Å². The van der Waals surface area contributed by atoms with Crippen LogP contribution >= 0.6 is 0 Å². The van der Waals surface area contributed by atoms with Gasteiger partial charge < -0.3 is 15.8 Å². The molecule has 0 spiro atoms. The fraction of sp³-hybridized carbons (Fsp3) is 0.350. The van der Waals surface area contributed by atoms with Gasteiger partial charge in [0.1, 0.15) is 5.54 Å². The van der Waals surface area contributed by atoms with Gasteiger partial charge in [-0.15, -0.1) is 0 Å². The van der Waals surface area contributed by atoms with Gasteiger partial charge in [-0.05, 0) is 36.2 Å². The molecule has 2 aromatic rings. The van der Waals surface area contributed by atoms with Gasteiger partial charge in [-0.1, -0.05) is 30.3 Å². The van der Waals surface area contributed by atoms with Gasteiger partial charge in [-0.25, -0.2) is 0 Å². The average Bonchev–Trinajstić information content (AvgIpc) is 2.70. The number of rotatable bonds is 6. The Balaban J connectivity index is 2.36. The quantitative estimate of drug-likeness (QED) is 0.663. The van der Waals surface area contributed by atoms with Gasteiger partial charge in [0, 0.05) is 7.05 Å². The summed E-state index contributed by atoms with van der Waals surface area (Å²) in [6.45, 7) is 0.806. The van der Waals surface area contributed by atoms with E-state index in [0.29, 0.717) is 17.7 Å². The first kappa shape index (κ1) is 23.7. The van der Waals surface area contributed by atoms with Crippen LogP contribution in [0.15, 0.2) is 48.5 Å². The van der Waals surface area contributed by atoms with Gasteiger partial charge in [0.15, 0.2) is 0 Å². The van der Waals surface area contributed by atoms with Gasteiger partial charge in [-0.2, -0.15) is 26.3 Å². The Morgan fingerprint density at radius 3 is 1.90 bits per heavy atom. The highest BCUT2D eigenvalue weighted by molar-refractivity contribution is 5.87. The molecule has 2 rings (SSSR count). The van der Waals surface area contributed by atoms with Crippen LogP contribution in [-0.4, -0.2) is 19.6 Å². The van der Waals surface area contributed by atoms with Crippen molar-refractivity contribution in [3.8, 4) is 0 Å². The smallest absolute Gasteiger partial charge is 0.371 e. The minimum atomic E-state index is -4.97. The van der Waals surface area contributed by atoms with E-state index in [1.807, 2.05) is 0 Å². The number of likely N-dealkylation sites (N-methyl/N-ethyl adjacent to an activating group) is 1. The molecule has 0 unspecified atom stereocenters. The van der Waals surface area contributed by atoms with Crippen molar-refractivity contribution < 1.29 is 35.9 Å². The summed E-state index contributed by atoms with van der Waals surface area (Å²) in [7, 11) is 1.35. The Labute approximate surface area is 169 Å². The van der Waals surface area contributed by atoms with Gasteiger partial charge in [0.25, 0.3) is 0 Å². The molecule has 3 N–H and O–H groups in total. The fourth-order valence-electron chi connectivity index (χ4n) is 2.80. The van der Waals surface area contributed by atoms with Crippen molar-refractivity contribution in [1.29, 1.82) is 0 Å². The fourth-order valence-corrected chi connectivity index (χ4v) is 2.80. The molecule has 0 saturated heterocycles. The summed E-state index contributed by atoms with van der Waals surface area (Å²) in [6.07, 6.45) is -11.1. The lowest BCUT2D eigenvalue weighted by atomic mass is 9.90. The number of hydrogen-bond acceptors (Lipinski definition) is 3. The van der Waals surface area contributed by atoms with Gasteiger partial charge in [0.05, 0.1) is 23.8 Å². The Kier molecular flexibility index (Phi) is 6.83. The number of ether oxygens (including phenoxy) is 1. The molecule has 30 heavy (non-hydrogen) atoms. The molecular formula is C20H20F6N2O2. The largest absolute Gasteiger partial charge is 0.416 e. The number of amides is 1. The second-order valence-electron chi connectivity index (χ2n) is 6.71. The summed E-state index contributed by atoms with van der Waals surface area (Å²) < 4.78 is 83.9. The standard InChI is InChI=1S/C20H20F6N2O2/c1-12(13-8-15(19(21,22)23)10-16(9-13)20(24,25)26)30-11-18(27,17(29)28-2)14-6-4-3-5-7-14/h3-10,12H,11,27H2,1-2H3,(H,28,29)/t12-,18-/m1/s1. The molecule has 164 valence electrons. The molecular weight excluding hydrogens is 414 g/mol. The minimum absolute atomic E-state index is 0.0396. The van der Waals surface area contributed by atoms with Crippen molar-refractivity contribution in [3.05, 3.63) is 70.8 Å². The number of benzene rings is 2. The van der Waals surface area contributed by atoms with Crippen molar-refractivity contribution in [2.75, 3.05) is 13.7 Å². The maximum absolute atomic E-state index is 13.1.